The zero-order valence-electron chi connectivity index (χ0n) is 13.8. The lowest BCUT2D eigenvalue weighted by molar-refractivity contribution is -0.385. The van der Waals surface area contributed by atoms with Crippen LogP contribution >= 0.6 is 0 Å². The zero-order valence-corrected chi connectivity index (χ0v) is 13.8. The number of nitro groups is 1. The molecule has 0 spiro atoms. The minimum atomic E-state index is -0.645. The predicted octanol–water partition coefficient (Wildman–Crippen LogP) is 1.61. The molecule has 9 nitrogen and oxygen atoms in total. The van der Waals surface area contributed by atoms with Crippen molar-refractivity contribution >= 4 is 17.8 Å². The van der Waals surface area contributed by atoms with Crippen molar-refractivity contribution in [3.05, 3.63) is 51.1 Å². The Bertz CT molecular complexity index is 847. The fraction of sp³-hybridized carbons (Fsp3) is 0.267. The van der Waals surface area contributed by atoms with Gasteiger partial charge in [-0.2, -0.15) is 14.6 Å². The Balaban J connectivity index is 1.95. The summed E-state index contributed by atoms with van der Waals surface area (Å²) < 4.78 is 19.9. The molecule has 1 heterocycles. The van der Waals surface area contributed by atoms with E-state index in [1.807, 2.05) is 0 Å². The van der Waals surface area contributed by atoms with E-state index in [0.29, 0.717) is 11.3 Å². The van der Waals surface area contributed by atoms with Crippen molar-refractivity contribution in [1.82, 2.24) is 15.2 Å². The number of rotatable bonds is 6. The van der Waals surface area contributed by atoms with E-state index in [9.17, 15) is 19.3 Å². The molecular formula is C15H16FN5O4. The molecule has 25 heavy (non-hydrogen) atoms. The lowest BCUT2D eigenvalue weighted by atomic mass is 10.2. The quantitative estimate of drug-likeness (QED) is 0.484. The fourth-order valence-electron chi connectivity index (χ4n) is 2.03. The summed E-state index contributed by atoms with van der Waals surface area (Å²) in [5.74, 6) is -1.25. The molecule has 2 rings (SSSR count). The first-order valence-electron chi connectivity index (χ1n) is 7.18. The van der Waals surface area contributed by atoms with E-state index in [1.165, 1.54) is 19.2 Å². The number of amides is 1. The maximum atomic E-state index is 13.7. The summed E-state index contributed by atoms with van der Waals surface area (Å²) in [7, 11) is 1.45. The normalized spacial score (nSPS) is 10.9. The monoisotopic (exact) mass is 349 g/mol. The molecule has 1 aromatic heterocycles. The molecule has 0 bridgehead atoms. The van der Waals surface area contributed by atoms with Crippen LogP contribution in [0.2, 0.25) is 0 Å². The highest BCUT2D eigenvalue weighted by Crippen LogP contribution is 2.27. The lowest BCUT2D eigenvalue weighted by Gasteiger charge is -2.06. The molecule has 10 heteroatoms. The van der Waals surface area contributed by atoms with Gasteiger partial charge in [-0.05, 0) is 25.5 Å². The Kier molecular flexibility index (Phi) is 5.42. The summed E-state index contributed by atoms with van der Waals surface area (Å²) >= 11 is 0. The second kappa shape index (κ2) is 7.51. The summed E-state index contributed by atoms with van der Waals surface area (Å²) in [6.45, 7) is 2.83. The summed E-state index contributed by atoms with van der Waals surface area (Å²) in [4.78, 5) is 22.1. The molecule has 1 N–H and O–H groups in total. The van der Waals surface area contributed by atoms with Crippen molar-refractivity contribution in [1.29, 1.82) is 0 Å². The SMILES string of the molecule is Cc1ccc(OCC(=O)N/N=C/c2c(C)nn(C)c2F)c([N+](=O)[O-])c1. The molecule has 0 unspecified atom stereocenters. The standard InChI is InChI=1S/C15H16FN5O4/c1-9-4-5-13(12(6-9)21(23)24)25-8-14(22)18-17-7-11-10(2)19-20(3)15(11)16/h4-7H,8H2,1-3H3,(H,18,22)/b17-7+. The lowest BCUT2D eigenvalue weighted by Crippen LogP contribution is -2.24. The second-order valence-corrected chi connectivity index (χ2v) is 5.22. The molecule has 0 fully saturated rings. The third-order valence-corrected chi connectivity index (χ3v) is 3.25. The van der Waals surface area contributed by atoms with E-state index in [-0.39, 0.29) is 17.0 Å². The third-order valence-electron chi connectivity index (χ3n) is 3.25. The number of carbonyl (C=O) groups excluding carboxylic acids is 1. The van der Waals surface area contributed by atoms with E-state index in [1.54, 1.807) is 19.9 Å². The number of ether oxygens (including phenoxy) is 1. The molecule has 0 aliphatic heterocycles. The van der Waals surface area contributed by atoms with Gasteiger partial charge in [0.1, 0.15) is 0 Å². The van der Waals surface area contributed by atoms with Gasteiger partial charge in [0.05, 0.1) is 22.4 Å². The molecule has 132 valence electrons. The number of carbonyl (C=O) groups is 1. The van der Waals surface area contributed by atoms with Crippen LogP contribution in [0.25, 0.3) is 0 Å². The van der Waals surface area contributed by atoms with Crippen LogP contribution in [0.1, 0.15) is 16.8 Å². The smallest absolute Gasteiger partial charge is 0.311 e. The average Bonchev–Trinajstić information content (AvgIpc) is 2.79. The molecular weight excluding hydrogens is 333 g/mol. The first-order chi connectivity index (χ1) is 11.8. The van der Waals surface area contributed by atoms with Crippen LogP contribution in [0.4, 0.5) is 10.1 Å². The molecule has 1 aromatic carbocycles. The Morgan fingerprint density at radius 3 is 2.84 bits per heavy atom. The number of benzene rings is 1. The number of nitrogens with zero attached hydrogens (tertiary/aromatic N) is 4. The molecule has 1 amide bonds. The van der Waals surface area contributed by atoms with E-state index in [4.69, 9.17) is 4.74 Å². The largest absolute Gasteiger partial charge is 0.477 e. The molecule has 0 saturated heterocycles. The number of halogens is 1. The van der Waals surface area contributed by atoms with Gasteiger partial charge in [0.2, 0.25) is 5.95 Å². The van der Waals surface area contributed by atoms with Crippen molar-refractivity contribution in [3.8, 4) is 5.75 Å². The van der Waals surface area contributed by atoms with Crippen LogP contribution in [0, 0.1) is 29.9 Å². The number of aryl methyl sites for hydroxylation is 3. The molecule has 0 saturated carbocycles. The Hall–Kier alpha value is -3.30. The highest BCUT2D eigenvalue weighted by Gasteiger charge is 2.16. The molecule has 0 aliphatic carbocycles. The fourth-order valence-corrected chi connectivity index (χ4v) is 2.03. The van der Waals surface area contributed by atoms with Gasteiger partial charge < -0.3 is 4.74 Å². The van der Waals surface area contributed by atoms with Gasteiger partial charge in [0, 0.05) is 13.1 Å². The van der Waals surface area contributed by atoms with Gasteiger partial charge in [-0.15, -0.1) is 0 Å². The van der Waals surface area contributed by atoms with Crippen LogP contribution in [0.15, 0.2) is 23.3 Å². The highest BCUT2D eigenvalue weighted by atomic mass is 19.1. The minimum Gasteiger partial charge on any atom is -0.477 e. The van der Waals surface area contributed by atoms with Crippen LogP contribution in [0.5, 0.6) is 5.75 Å². The van der Waals surface area contributed by atoms with Gasteiger partial charge in [-0.1, -0.05) is 6.07 Å². The highest BCUT2D eigenvalue weighted by molar-refractivity contribution is 5.83. The van der Waals surface area contributed by atoms with E-state index in [2.05, 4.69) is 15.6 Å². The molecule has 0 aliphatic rings. The number of nitrogens with one attached hydrogen (secondary N) is 1. The Labute approximate surface area is 142 Å². The summed E-state index contributed by atoms with van der Waals surface area (Å²) in [6, 6.07) is 4.39. The van der Waals surface area contributed by atoms with Crippen molar-refractivity contribution in [2.45, 2.75) is 13.8 Å². The number of hydrogen-bond donors (Lipinski definition) is 1. The van der Waals surface area contributed by atoms with E-state index >= 15 is 0 Å². The van der Waals surface area contributed by atoms with Crippen molar-refractivity contribution < 1.29 is 18.8 Å². The van der Waals surface area contributed by atoms with Crippen molar-refractivity contribution in [3.63, 3.8) is 0 Å². The van der Waals surface area contributed by atoms with Gasteiger partial charge >= 0.3 is 5.69 Å². The van der Waals surface area contributed by atoms with Crippen LogP contribution < -0.4 is 10.2 Å². The first kappa shape index (κ1) is 18.0. The Morgan fingerprint density at radius 1 is 1.52 bits per heavy atom. The van der Waals surface area contributed by atoms with E-state index in [0.717, 1.165) is 10.9 Å². The maximum Gasteiger partial charge on any atom is 0.311 e. The van der Waals surface area contributed by atoms with Gasteiger partial charge in [-0.3, -0.25) is 14.9 Å². The van der Waals surface area contributed by atoms with Crippen molar-refractivity contribution in [2.24, 2.45) is 12.1 Å². The van der Waals surface area contributed by atoms with Crippen molar-refractivity contribution in [2.75, 3.05) is 6.61 Å². The first-order valence-corrected chi connectivity index (χ1v) is 7.18. The molecule has 0 atom stereocenters. The third kappa shape index (κ3) is 4.37. The summed E-state index contributed by atoms with van der Waals surface area (Å²) in [5, 5.41) is 18.5. The topological polar surface area (TPSA) is 112 Å². The summed E-state index contributed by atoms with van der Waals surface area (Å²) in [5.41, 5.74) is 3.19. The van der Waals surface area contributed by atoms with Crippen LogP contribution in [0.3, 0.4) is 0 Å². The molecule has 0 radical (unpaired) electrons. The van der Waals surface area contributed by atoms with Crippen LogP contribution in [-0.2, 0) is 11.8 Å². The minimum absolute atomic E-state index is 0.0242. The Morgan fingerprint density at radius 2 is 2.24 bits per heavy atom. The van der Waals surface area contributed by atoms with E-state index < -0.39 is 23.4 Å². The van der Waals surface area contributed by atoms with Gasteiger partial charge in [0.25, 0.3) is 5.91 Å². The maximum absolute atomic E-state index is 13.7. The number of hydrazone groups is 1. The number of nitro benzene ring substituents is 1. The number of hydrogen-bond acceptors (Lipinski definition) is 6. The molecule has 2 aromatic rings. The second-order valence-electron chi connectivity index (χ2n) is 5.22. The van der Waals surface area contributed by atoms with Crippen LogP contribution in [-0.4, -0.2) is 33.4 Å². The summed E-state index contributed by atoms with van der Waals surface area (Å²) in [6.07, 6.45) is 1.13. The zero-order chi connectivity index (χ0) is 18.6. The number of aromatic nitrogens is 2. The predicted molar refractivity (Wildman–Crippen MR) is 87.0 cm³/mol. The van der Waals surface area contributed by atoms with Gasteiger partial charge in [0.15, 0.2) is 12.4 Å². The van der Waals surface area contributed by atoms with Gasteiger partial charge in [-0.25, -0.2) is 10.1 Å². The average molecular weight is 349 g/mol.